The van der Waals surface area contributed by atoms with Gasteiger partial charge in [-0.15, -0.1) is 0 Å². The maximum Gasteiger partial charge on any atom is 0.326 e. The molecule has 24 heteroatoms. The van der Waals surface area contributed by atoms with Crippen LogP contribution >= 0.6 is 0 Å². The first-order valence-electron chi connectivity index (χ1n) is 19.0. The van der Waals surface area contributed by atoms with Crippen molar-refractivity contribution in [3.63, 3.8) is 0 Å². The van der Waals surface area contributed by atoms with Crippen molar-refractivity contribution < 1.29 is 63.6 Å². The summed E-state index contributed by atoms with van der Waals surface area (Å²) in [7, 11) is 0. The summed E-state index contributed by atoms with van der Waals surface area (Å²) in [4.78, 5) is 118. The molecule has 0 saturated heterocycles. The Morgan fingerprint density at radius 1 is 0.644 bits per heavy atom. The number of carbonyl (C=O) groups excluding carboxylic acids is 7. The van der Waals surface area contributed by atoms with Gasteiger partial charge in [-0.05, 0) is 51.9 Å². The molecule has 0 spiro atoms. The Balaban J connectivity index is 5.65. The van der Waals surface area contributed by atoms with Crippen LogP contribution in [0.4, 0.5) is 0 Å². The van der Waals surface area contributed by atoms with Crippen molar-refractivity contribution in [2.24, 2.45) is 34.0 Å². The summed E-state index contributed by atoms with van der Waals surface area (Å²) in [5.74, 6) is -10.3. The maximum absolute atomic E-state index is 13.2. The number of guanidine groups is 1. The molecule has 17 N–H and O–H groups in total. The minimum atomic E-state index is -1.74. The molecule has 0 aliphatic carbocycles. The van der Waals surface area contributed by atoms with Crippen molar-refractivity contribution in [3.8, 4) is 0 Å². The third kappa shape index (κ3) is 20.6. The van der Waals surface area contributed by atoms with Crippen LogP contribution in [-0.2, 0) is 43.2 Å². The first-order valence-corrected chi connectivity index (χ1v) is 19.0. The summed E-state index contributed by atoms with van der Waals surface area (Å²) >= 11 is 0. The Bertz CT molecular complexity index is 1500. The van der Waals surface area contributed by atoms with Gasteiger partial charge in [0, 0.05) is 6.54 Å². The van der Waals surface area contributed by atoms with Gasteiger partial charge in [0.15, 0.2) is 5.96 Å². The Morgan fingerprint density at radius 3 is 1.66 bits per heavy atom. The number of rotatable bonds is 27. The summed E-state index contributed by atoms with van der Waals surface area (Å²) in [5, 5.41) is 55.3. The van der Waals surface area contributed by atoms with E-state index in [9.17, 15) is 63.6 Å². The Labute approximate surface area is 342 Å². The summed E-state index contributed by atoms with van der Waals surface area (Å²) < 4.78 is 0. The third-order valence-corrected chi connectivity index (χ3v) is 8.75. The molecule has 0 bridgehead atoms. The molecule has 0 saturated carbocycles. The molecular formula is C35H63N11O13. The standard InChI is InChI=1S/C35H63N11O13/c1-8-16(4)25(45-28(52)17(5)41-30(54)22(13-24(50)51)43-29(53)20(36)12-15(2)3)31(55)40-14-23(49)44-26(18(6)47)33(57)46-27(19(7)48)32(56)42-21(34(58)59)10-9-11-39-35(37)38/h15-22,25-27,47-48H,8-14,36H2,1-7H3,(H,40,55)(H,41,54)(H,42,56)(H,43,53)(H,44,49)(H,45,52)(H,46,57)(H,50,51)(H,58,59)(H4,37,38,39)/t16-,17-,18+,19+,20-,21-,22-,25-,26-,27-/m0/s1. The molecule has 0 aromatic carbocycles. The molecule has 7 amide bonds. The fourth-order valence-electron chi connectivity index (χ4n) is 5.22. The molecule has 10 atom stereocenters. The third-order valence-electron chi connectivity index (χ3n) is 8.75. The van der Waals surface area contributed by atoms with Crippen LogP contribution in [0.2, 0.25) is 0 Å². The molecule has 0 radical (unpaired) electrons. The van der Waals surface area contributed by atoms with E-state index in [2.05, 4.69) is 42.2 Å². The molecule has 0 aromatic heterocycles. The Morgan fingerprint density at radius 2 is 1.17 bits per heavy atom. The number of amides is 7. The summed E-state index contributed by atoms with van der Waals surface area (Å²) in [6.45, 7) is 9.76. The SMILES string of the molecule is CC[C@H](C)[C@H](NC(=O)[C@H](C)NC(=O)[C@H](CC(=O)O)NC(=O)[C@@H](N)CC(C)C)C(=O)NCC(=O)N[C@H](C(=O)N[C@H](C(=O)N[C@@H](CCCN=C(N)N)C(=O)O)[C@@H](C)O)[C@@H](C)O. The van der Waals surface area contributed by atoms with Crippen molar-refractivity contribution in [2.45, 2.75) is 135 Å². The van der Waals surface area contributed by atoms with Crippen LogP contribution in [0.3, 0.4) is 0 Å². The van der Waals surface area contributed by atoms with Gasteiger partial charge >= 0.3 is 11.9 Å². The zero-order valence-corrected chi connectivity index (χ0v) is 34.4. The van der Waals surface area contributed by atoms with Crippen LogP contribution < -0.4 is 54.4 Å². The average molecular weight is 846 g/mol. The highest BCUT2D eigenvalue weighted by molar-refractivity contribution is 5.97. The van der Waals surface area contributed by atoms with E-state index in [1.165, 1.54) is 6.92 Å². The highest BCUT2D eigenvalue weighted by Crippen LogP contribution is 2.09. The minimum Gasteiger partial charge on any atom is -0.481 e. The van der Waals surface area contributed by atoms with E-state index in [1.807, 2.05) is 13.8 Å². The first kappa shape index (κ1) is 53.4. The molecular weight excluding hydrogens is 782 g/mol. The first-order chi connectivity index (χ1) is 27.3. The highest BCUT2D eigenvalue weighted by atomic mass is 16.4. The summed E-state index contributed by atoms with van der Waals surface area (Å²) in [6.07, 6.45) is -3.32. The van der Waals surface area contributed by atoms with E-state index in [4.69, 9.17) is 17.2 Å². The highest BCUT2D eigenvalue weighted by Gasteiger charge is 2.35. The largest absolute Gasteiger partial charge is 0.481 e. The molecule has 0 unspecified atom stereocenters. The van der Waals surface area contributed by atoms with E-state index in [1.54, 1.807) is 13.8 Å². The van der Waals surface area contributed by atoms with Crippen molar-refractivity contribution in [2.75, 3.05) is 13.1 Å². The lowest BCUT2D eigenvalue weighted by molar-refractivity contribution is -0.143. The van der Waals surface area contributed by atoms with Gasteiger partial charge in [-0.1, -0.05) is 34.1 Å². The second-order valence-corrected chi connectivity index (χ2v) is 14.6. The fraction of sp³-hybridized carbons (Fsp3) is 0.714. The van der Waals surface area contributed by atoms with Gasteiger partial charge in [-0.25, -0.2) is 4.79 Å². The average Bonchev–Trinajstić information content (AvgIpc) is 3.13. The molecule has 0 aliphatic heterocycles. The normalized spacial score (nSPS) is 16.1. The predicted octanol–water partition coefficient (Wildman–Crippen LogP) is -5.17. The van der Waals surface area contributed by atoms with Gasteiger partial charge in [0.1, 0.15) is 36.3 Å². The fourth-order valence-corrected chi connectivity index (χ4v) is 5.22. The van der Waals surface area contributed by atoms with Crippen molar-refractivity contribution in [1.82, 2.24) is 37.2 Å². The molecule has 0 aliphatic rings. The number of hydrogen-bond donors (Lipinski definition) is 14. The van der Waals surface area contributed by atoms with E-state index in [0.717, 1.165) is 13.8 Å². The van der Waals surface area contributed by atoms with Crippen LogP contribution in [0.1, 0.15) is 80.6 Å². The number of hydrogen-bond acceptors (Lipinski definition) is 13. The van der Waals surface area contributed by atoms with Crippen LogP contribution in [-0.4, -0.2) is 147 Å². The van der Waals surface area contributed by atoms with Gasteiger partial charge < -0.3 is 74.8 Å². The minimum absolute atomic E-state index is 0.0315. The number of aliphatic hydroxyl groups is 2. The van der Waals surface area contributed by atoms with E-state index in [0.29, 0.717) is 6.42 Å². The lowest BCUT2D eigenvalue weighted by Crippen LogP contribution is -2.61. The van der Waals surface area contributed by atoms with Crippen LogP contribution in [0, 0.1) is 11.8 Å². The number of carboxylic acid groups (broad SMARTS) is 2. The number of carboxylic acids is 2. The van der Waals surface area contributed by atoms with Gasteiger partial charge in [-0.2, -0.15) is 0 Å². The van der Waals surface area contributed by atoms with E-state index < -0.39 is 127 Å². The monoisotopic (exact) mass is 845 g/mol. The van der Waals surface area contributed by atoms with Crippen LogP contribution in [0.15, 0.2) is 4.99 Å². The lowest BCUT2D eigenvalue weighted by Gasteiger charge is -2.27. The van der Waals surface area contributed by atoms with Crippen LogP contribution in [0.5, 0.6) is 0 Å². The molecule has 0 fully saturated rings. The van der Waals surface area contributed by atoms with Gasteiger partial charge in [0.05, 0.1) is 31.2 Å². The zero-order valence-electron chi connectivity index (χ0n) is 34.4. The summed E-state index contributed by atoms with van der Waals surface area (Å²) in [6, 6.07) is -10.1. The molecule has 0 aromatic rings. The van der Waals surface area contributed by atoms with E-state index in [-0.39, 0.29) is 37.7 Å². The molecule has 0 rings (SSSR count). The zero-order chi connectivity index (χ0) is 45.7. The van der Waals surface area contributed by atoms with Gasteiger partial charge in [0.2, 0.25) is 41.4 Å². The van der Waals surface area contributed by atoms with Gasteiger partial charge in [-0.3, -0.25) is 43.3 Å². The maximum atomic E-state index is 13.2. The number of nitrogens with two attached hydrogens (primary N) is 3. The number of aliphatic carboxylic acids is 2. The number of aliphatic hydroxyl groups excluding tert-OH is 2. The predicted molar refractivity (Wildman–Crippen MR) is 210 cm³/mol. The second kappa shape index (κ2) is 26.4. The van der Waals surface area contributed by atoms with Crippen LogP contribution in [0.25, 0.3) is 0 Å². The lowest BCUT2D eigenvalue weighted by atomic mass is 9.98. The Hall–Kier alpha value is -5.62. The second-order valence-electron chi connectivity index (χ2n) is 14.6. The summed E-state index contributed by atoms with van der Waals surface area (Å²) in [5.41, 5.74) is 16.3. The van der Waals surface area contributed by atoms with Crippen molar-refractivity contribution >= 4 is 59.2 Å². The van der Waals surface area contributed by atoms with E-state index >= 15 is 0 Å². The Kier molecular flexibility index (Phi) is 23.9. The number of nitrogens with zero attached hydrogens (tertiary/aromatic N) is 1. The number of carbonyl (C=O) groups is 9. The van der Waals surface area contributed by atoms with Crippen molar-refractivity contribution in [3.05, 3.63) is 0 Å². The smallest absolute Gasteiger partial charge is 0.326 e. The quantitative estimate of drug-likeness (QED) is 0.0209. The van der Waals surface area contributed by atoms with Crippen molar-refractivity contribution in [1.29, 1.82) is 0 Å². The topological polar surface area (TPSA) is 409 Å². The molecule has 24 nitrogen and oxygen atoms in total. The molecule has 336 valence electrons. The molecule has 59 heavy (non-hydrogen) atoms. The number of aliphatic imine (C=N–C) groups is 1. The van der Waals surface area contributed by atoms with Gasteiger partial charge in [0.25, 0.3) is 0 Å². The number of nitrogens with one attached hydrogen (secondary N) is 7. The molecule has 0 heterocycles.